The quantitative estimate of drug-likeness (QED) is 0.764. The SMILES string of the molecule is CNC(C)Cc1ccc(OCC(=O)NCC(C)C)cc1. The topological polar surface area (TPSA) is 50.4 Å². The fraction of sp³-hybridized carbons (Fsp3) is 0.562. The second kappa shape index (κ2) is 8.59. The number of ether oxygens (including phenoxy) is 1. The van der Waals surface area contributed by atoms with Crippen LogP contribution in [0, 0.1) is 5.92 Å². The van der Waals surface area contributed by atoms with Gasteiger partial charge < -0.3 is 15.4 Å². The lowest BCUT2D eigenvalue weighted by atomic mass is 10.1. The van der Waals surface area contributed by atoms with Gasteiger partial charge in [0.1, 0.15) is 5.75 Å². The molecule has 0 heterocycles. The number of hydrogen-bond donors (Lipinski definition) is 2. The second-order valence-corrected chi connectivity index (χ2v) is 5.52. The molecular weight excluding hydrogens is 252 g/mol. The molecule has 4 nitrogen and oxygen atoms in total. The van der Waals surface area contributed by atoms with E-state index < -0.39 is 0 Å². The lowest BCUT2D eigenvalue weighted by Crippen LogP contribution is -2.31. The lowest BCUT2D eigenvalue weighted by molar-refractivity contribution is -0.123. The summed E-state index contributed by atoms with van der Waals surface area (Å²) in [5.41, 5.74) is 1.25. The lowest BCUT2D eigenvalue weighted by Gasteiger charge is -2.11. The molecule has 1 atom stereocenters. The van der Waals surface area contributed by atoms with Crippen molar-refractivity contribution in [2.24, 2.45) is 5.92 Å². The van der Waals surface area contributed by atoms with E-state index in [1.807, 2.05) is 31.3 Å². The van der Waals surface area contributed by atoms with Crippen LogP contribution in [0.4, 0.5) is 0 Å². The first-order chi connectivity index (χ1) is 9.51. The number of rotatable bonds is 8. The fourth-order valence-corrected chi connectivity index (χ4v) is 1.70. The van der Waals surface area contributed by atoms with Gasteiger partial charge >= 0.3 is 0 Å². The van der Waals surface area contributed by atoms with Gasteiger partial charge in [-0.05, 0) is 44.0 Å². The monoisotopic (exact) mass is 278 g/mol. The fourth-order valence-electron chi connectivity index (χ4n) is 1.70. The first-order valence-electron chi connectivity index (χ1n) is 7.17. The molecule has 0 aromatic heterocycles. The van der Waals surface area contributed by atoms with Crippen molar-refractivity contribution >= 4 is 5.91 Å². The van der Waals surface area contributed by atoms with E-state index in [0.717, 1.165) is 12.2 Å². The molecule has 1 aromatic rings. The maximum absolute atomic E-state index is 11.5. The minimum Gasteiger partial charge on any atom is -0.484 e. The molecule has 1 rings (SSSR count). The Hall–Kier alpha value is -1.55. The standard InChI is InChI=1S/C16H26N2O2/c1-12(2)10-18-16(19)11-20-15-7-5-14(6-8-15)9-13(3)17-4/h5-8,12-13,17H,9-11H2,1-4H3,(H,18,19). The molecule has 0 fully saturated rings. The van der Waals surface area contributed by atoms with Crippen LogP contribution in [0.25, 0.3) is 0 Å². The number of carbonyl (C=O) groups excluding carboxylic acids is 1. The number of carbonyl (C=O) groups is 1. The summed E-state index contributed by atoms with van der Waals surface area (Å²) in [4.78, 5) is 11.5. The third kappa shape index (κ3) is 6.57. The molecule has 0 saturated heterocycles. The van der Waals surface area contributed by atoms with E-state index in [1.54, 1.807) is 0 Å². The zero-order valence-electron chi connectivity index (χ0n) is 12.9. The Morgan fingerprint density at radius 1 is 1.20 bits per heavy atom. The molecule has 0 aliphatic rings. The van der Waals surface area contributed by atoms with Gasteiger partial charge in [0.25, 0.3) is 5.91 Å². The van der Waals surface area contributed by atoms with Gasteiger partial charge in [0.2, 0.25) is 0 Å². The van der Waals surface area contributed by atoms with Gasteiger partial charge in [-0.25, -0.2) is 0 Å². The molecule has 0 bridgehead atoms. The van der Waals surface area contributed by atoms with Crippen molar-refractivity contribution in [1.29, 1.82) is 0 Å². The number of likely N-dealkylation sites (N-methyl/N-ethyl adjacent to an activating group) is 1. The van der Waals surface area contributed by atoms with Gasteiger partial charge in [-0.1, -0.05) is 26.0 Å². The zero-order chi connectivity index (χ0) is 15.0. The summed E-state index contributed by atoms with van der Waals surface area (Å²) in [5, 5.41) is 6.03. The van der Waals surface area contributed by atoms with Gasteiger partial charge in [-0.15, -0.1) is 0 Å². The third-order valence-electron chi connectivity index (χ3n) is 3.04. The van der Waals surface area contributed by atoms with Gasteiger partial charge in [-0.2, -0.15) is 0 Å². The molecule has 1 unspecified atom stereocenters. The Balaban J connectivity index is 2.36. The Bertz CT molecular complexity index is 401. The number of hydrogen-bond acceptors (Lipinski definition) is 3. The Labute approximate surface area is 121 Å². The van der Waals surface area contributed by atoms with Crippen LogP contribution in [0.2, 0.25) is 0 Å². The predicted molar refractivity (Wildman–Crippen MR) is 82.0 cm³/mol. The molecule has 1 amide bonds. The molecule has 2 N–H and O–H groups in total. The van der Waals surface area contributed by atoms with Crippen LogP contribution in [0.1, 0.15) is 26.3 Å². The van der Waals surface area contributed by atoms with E-state index in [9.17, 15) is 4.79 Å². The van der Waals surface area contributed by atoms with Gasteiger partial charge in [0, 0.05) is 12.6 Å². The Morgan fingerprint density at radius 3 is 2.40 bits per heavy atom. The summed E-state index contributed by atoms with van der Waals surface area (Å²) >= 11 is 0. The van der Waals surface area contributed by atoms with E-state index in [4.69, 9.17) is 4.74 Å². The highest BCUT2D eigenvalue weighted by Gasteiger charge is 2.04. The molecular formula is C16H26N2O2. The summed E-state index contributed by atoms with van der Waals surface area (Å²) in [5.74, 6) is 1.10. The van der Waals surface area contributed by atoms with Crippen molar-refractivity contribution in [3.8, 4) is 5.75 Å². The molecule has 0 radical (unpaired) electrons. The first kappa shape index (κ1) is 16.5. The third-order valence-corrected chi connectivity index (χ3v) is 3.04. The Morgan fingerprint density at radius 2 is 1.85 bits per heavy atom. The van der Waals surface area contributed by atoms with Crippen molar-refractivity contribution in [2.75, 3.05) is 20.2 Å². The number of benzene rings is 1. The van der Waals surface area contributed by atoms with Crippen LogP contribution in [0.15, 0.2) is 24.3 Å². The van der Waals surface area contributed by atoms with Crippen LogP contribution < -0.4 is 15.4 Å². The normalized spacial score (nSPS) is 12.2. The summed E-state index contributed by atoms with van der Waals surface area (Å²) < 4.78 is 5.46. The average molecular weight is 278 g/mol. The smallest absolute Gasteiger partial charge is 0.257 e. The summed E-state index contributed by atoms with van der Waals surface area (Å²) in [7, 11) is 1.96. The molecule has 0 aliphatic heterocycles. The van der Waals surface area contributed by atoms with Crippen molar-refractivity contribution in [2.45, 2.75) is 33.2 Å². The highest BCUT2D eigenvalue weighted by molar-refractivity contribution is 5.77. The minimum absolute atomic E-state index is 0.0684. The average Bonchev–Trinajstić information content (AvgIpc) is 2.44. The molecule has 1 aromatic carbocycles. The van der Waals surface area contributed by atoms with E-state index >= 15 is 0 Å². The maximum atomic E-state index is 11.5. The first-order valence-corrected chi connectivity index (χ1v) is 7.17. The molecule has 20 heavy (non-hydrogen) atoms. The van der Waals surface area contributed by atoms with E-state index in [1.165, 1.54) is 5.56 Å². The van der Waals surface area contributed by atoms with Crippen LogP contribution in [-0.2, 0) is 11.2 Å². The van der Waals surface area contributed by atoms with E-state index in [-0.39, 0.29) is 12.5 Å². The van der Waals surface area contributed by atoms with Gasteiger partial charge in [0.15, 0.2) is 6.61 Å². The van der Waals surface area contributed by atoms with Gasteiger partial charge in [-0.3, -0.25) is 4.79 Å². The Kier molecular flexibility index (Phi) is 7.09. The van der Waals surface area contributed by atoms with Crippen LogP contribution in [0.3, 0.4) is 0 Å². The van der Waals surface area contributed by atoms with Crippen molar-refractivity contribution in [3.05, 3.63) is 29.8 Å². The largest absolute Gasteiger partial charge is 0.484 e. The molecule has 0 saturated carbocycles. The minimum atomic E-state index is -0.0772. The van der Waals surface area contributed by atoms with Crippen molar-refractivity contribution in [3.63, 3.8) is 0 Å². The van der Waals surface area contributed by atoms with Gasteiger partial charge in [0.05, 0.1) is 0 Å². The van der Waals surface area contributed by atoms with Crippen molar-refractivity contribution in [1.82, 2.24) is 10.6 Å². The highest BCUT2D eigenvalue weighted by Crippen LogP contribution is 2.13. The van der Waals surface area contributed by atoms with E-state index in [2.05, 4.69) is 31.4 Å². The van der Waals surface area contributed by atoms with Crippen LogP contribution >= 0.6 is 0 Å². The molecule has 0 aliphatic carbocycles. The summed E-state index contributed by atoms with van der Waals surface area (Å²) in [6.45, 7) is 7.02. The zero-order valence-corrected chi connectivity index (χ0v) is 12.9. The van der Waals surface area contributed by atoms with Crippen LogP contribution in [0.5, 0.6) is 5.75 Å². The molecule has 0 spiro atoms. The van der Waals surface area contributed by atoms with E-state index in [0.29, 0.717) is 18.5 Å². The van der Waals surface area contributed by atoms with Crippen molar-refractivity contribution < 1.29 is 9.53 Å². The maximum Gasteiger partial charge on any atom is 0.257 e. The predicted octanol–water partition coefficient (Wildman–Crippen LogP) is 1.99. The summed E-state index contributed by atoms with van der Waals surface area (Å²) in [6.07, 6.45) is 0.978. The number of amides is 1. The van der Waals surface area contributed by atoms with Crippen LogP contribution in [-0.4, -0.2) is 32.1 Å². The second-order valence-electron chi connectivity index (χ2n) is 5.52. The highest BCUT2D eigenvalue weighted by atomic mass is 16.5. The summed E-state index contributed by atoms with van der Waals surface area (Å²) in [6, 6.07) is 8.34. The molecule has 4 heteroatoms. The number of nitrogens with one attached hydrogen (secondary N) is 2. The molecule has 112 valence electrons.